The van der Waals surface area contributed by atoms with Gasteiger partial charge in [-0.2, -0.15) is 4.31 Å². The fourth-order valence-electron chi connectivity index (χ4n) is 3.77. The van der Waals surface area contributed by atoms with Gasteiger partial charge in [0.2, 0.25) is 16.8 Å². The number of nitrogens with zero attached hydrogens (tertiary/aromatic N) is 2. The summed E-state index contributed by atoms with van der Waals surface area (Å²) in [5.41, 5.74) is 1.92. The quantitative estimate of drug-likeness (QED) is 0.699. The van der Waals surface area contributed by atoms with Crippen LogP contribution in [0.2, 0.25) is 0 Å². The number of ether oxygens (including phenoxy) is 2. The highest BCUT2D eigenvalue weighted by atomic mass is 32.2. The van der Waals surface area contributed by atoms with Crippen LogP contribution in [0.5, 0.6) is 11.5 Å². The van der Waals surface area contributed by atoms with Gasteiger partial charge in [0, 0.05) is 31.0 Å². The average Bonchev–Trinajstić information content (AvgIpc) is 3.36. The number of hydrogen-bond acceptors (Lipinski definition) is 4. The van der Waals surface area contributed by atoms with Crippen LogP contribution in [0, 0.1) is 0 Å². The normalized spacial score (nSPS) is 19.0. The summed E-state index contributed by atoms with van der Waals surface area (Å²) in [7, 11) is -3.72. The van der Waals surface area contributed by atoms with Crippen molar-refractivity contribution in [3.8, 4) is 11.5 Å². The Bertz CT molecular complexity index is 1090. The van der Waals surface area contributed by atoms with Gasteiger partial charge in [0.1, 0.15) is 0 Å². The molecule has 1 unspecified atom stereocenters. The molecule has 0 saturated carbocycles. The SMILES string of the molecule is O=S(=O)(c1ccc2c(c1)OCO2)N1CCn2cccc2C1c1ccccc1. The lowest BCUT2D eigenvalue weighted by Gasteiger charge is -2.36. The van der Waals surface area contributed by atoms with E-state index in [4.69, 9.17) is 9.47 Å². The minimum absolute atomic E-state index is 0.114. The van der Waals surface area contributed by atoms with Gasteiger partial charge in [-0.15, -0.1) is 0 Å². The molecule has 0 bridgehead atoms. The molecule has 0 saturated heterocycles. The Kier molecular flexibility index (Phi) is 3.73. The van der Waals surface area contributed by atoms with Crippen LogP contribution >= 0.6 is 0 Å². The summed E-state index contributed by atoms with van der Waals surface area (Å²) in [6.07, 6.45) is 2.00. The third-order valence-corrected chi connectivity index (χ3v) is 6.92. The Balaban J connectivity index is 1.62. The summed E-state index contributed by atoms with van der Waals surface area (Å²) >= 11 is 0. The zero-order valence-electron chi connectivity index (χ0n) is 14.5. The summed E-state index contributed by atoms with van der Waals surface area (Å²) in [4.78, 5) is 0.215. The molecular weight excluding hydrogens is 364 g/mol. The summed E-state index contributed by atoms with van der Waals surface area (Å²) in [6, 6.07) is 18.1. The lowest BCUT2D eigenvalue weighted by atomic mass is 10.0. The molecule has 1 aromatic heterocycles. The second-order valence-corrected chi connectivity index (χ2v) is 8.46. The highest BCUT2D eigenvalue weighted by Gasteiger charge is 2.38. The van der Waals surface area contributed by atoms with Gasteiger partial charge in [-0.3, -0.25) is 0 Å². The number of sulfonamides is 1. The van der Waals surface area contributed by atoms with E-state index >= 15 is 0 Å². The Morgan fingerprint density at radius 3 is 2.56 bits per heavy atom. The number of fused-ring (bicyclic) bond motifs is 2. The molecule has 0 radical (unpaired) electrons. The monoisotopic (exact) mass is 382 g/mol. The van der Waals surface area contributed by atoms with Crippen LogP contribution in [-0.4, -0.2) is 30.6 Å². The molecule has 0 spiro atoms. The Labute approximate surface area is 157 Å². The van der Waals surface area contributed by atoms with Gasteiger partial charge < -0.3 is 14.0 Å². The molecule has 0 fully saturated rings. The maximum Gasteiger partial charge on any atom is 0.244 e. The van der Waals surface area contributed by atoms with E-state index in [2.05, 4.69) is 4.57 Å². The summed E-state index contributed by atoms with van der Waals surface area (Å²) in [5, 5.41) is 0. The molecule has 2 aliphatic rings. The fraction of sp³-hybridized carbons (Fsp3) is 0.200. The Morgan fingerprint density at radius 2 is 1.70 bits per heavy atom. The highest BCUT2D eigenvalue weighted by Crippen LogP contribution is 2.39. The Morgan fingerprint density at radius 1 is 0.889 bits per heavy atom. The molecular formula is C20H18N2O4S. The second kappa shape index (κ2) is 6.14. The van der Waals surface area contributed by atoms with Gasteiger partial charge in [0.25, 0.3) is 0 Å². The van der Waals surface area contributed by atoms with E-state index in [9.17, 15) is 8.42 Å². The van der Waals surface area contributed by atoms with Gasteiger partial charge in [-0.25, -0.2) is 8.42 Å². The number of rotatable bonds is 3. The summed E-state index contributed by atoms with van der Waals surface area (Å²) < 4.78 is 41.4. The average molecular weight is 382 g/mol. The zero-order valence-corrected chi connectivity index (χ0v) is 15.3. The smallest absolute Gasteiger partial charge is 0.244 e. The third-order valence-electron chi connectivity index (χ3n) is 5.06. The summed E-state index contributed by atoms with van der Waals surface area (Å²) in [5.74, 6) is 1.04. The molecule has 0 aliphatic carbocycles. The van der Waals surface area contributed by atoms with Crippen LogP contribution < -0.4 is 9.47 Å². The molecule has 5 rings (SSSR count). The highest BCUT2D eigenvalue weighted by molar-refractivity contribution is 7.89. The number of hydrogen-bond donors (Lipinski definition) is 0. The third kappa shape index (κ3) is 2.62. The molecule has 3 aromatic rings. The first-order valence-corrected chi connectivity index (χ1v) is 10.2. The van der Waals surface area contributed by atoms with Crippen molar-refractivity contribution in [2.45, 2.75) is 17.5 Å². The minimum atomic E-state index is -3.72. The van der Waals surface area contributed by atoms with Crippen LogP contribution in [-0.2, 0) is 16.6 Å². The second-order valence-electron chi connectivity index (χ2n) is 6.57. The Hall–Kier alpha value is -2.77. The van der Waals surface area contributed by atoms with Crippen molar-refractivity contribution in [3.63, 3.8) is 0 Å². The summed E-state index contributed by atoms with van der Waals surface area (Å²) in [6.45, 7) is 1.14. The molecule has 2 aromatic carbocycles. The molecule has 0 N–H and O–H groups in total. The standard InChI is InChI=1S/C20H18N2O4S/c23-27(24,16-8-9-18-19(13-16)26-14-25-18)22-12-11-21-10-4-7-17(21)20(22)15-5-2-1-3-6-15/h1-10,13,20H,11-12,14H2. The number of aromatic nitrogens is 1. The molecule has 2 aliphatic heterocycles. The van der Waals surface area contributed by atoms with E-state index in [0.717, 1.165) is 11.3 Å². The lowest BCUT2D eigenvalue weighted by Crippen LogP contribution is -2.42. The van der Waals surface area contributed by atoms with E-state index in [1.165, 1.54) is 0 Å². The van der Waals surface area contributed by atoms with Gasteiger partial charge in [-0.1, -0.05) is 30.3 Å². The molecule has 7 heteroatoms. The molecule has 138 valence electrons. The molecule has 6 nitrogen and oxygen atoms in total. The van der Waals surface area contributed by atoms with Crippen molar-refractivity contribution in [2.75, 3.05) is 13.3 Å². The molecule has 0 amide bonds. The van der Waals surface area contributed by atoms with Gasteiger partial charge in [-0.05, 0) is 29.8 Å². The van der Waals surface area contributed by atoms with Crippen molar-refractivity contribution in [3.05, 3.63) is 78.1 Å². The van der Waals surface area contributed by atoms with Crippen LogP contribution in [0.3, 0.4) is 0 Å². The van der Waals surface area contributed by atoms with Crippen LogP contribution in [0.15, 0.2) is 71.8 Å². The van der Waals surface area contributed by atoms with Crippen molar-refractivity contribution in [1.29, 1.82) is 0 Å². The predicted octanol–water partition coefficient (Wildman–Crippen LogP) is 3.01. The van der Waals surface area contributed by atoms with E-state index in [1.807, 2.05) is 48.7 Å². The van der Waals surface area contributed by atoms with Gasteiger partial charge in [0.05, 0.1) is 10.9 Å². The van der Waals surface area contributed by atoms with E-state index < -0.39 is 10.0 Å². The van der Waals surface area contributed by atoms with Crippen molar-refractivity contribution < 1.29 is 17.9 Å². The largest absolute Gasteiger partial charge is 0.454 e. The first-order chi connectivity index (χ1) is 13.1. The maximum absolute atomic E-state index is 13.5. The predicted molar refractivity (Wildman–Crippen MR) is 99.2 cm³/mol. The maximum atomic E-state index is 13.5. The minimum Gasteiger partial charge on any atom is -0.454 e. The van der Waals surface area contributed by atoms with Gasteiger partial charge in [0.15, 0.2) is 11.5 Å². The lowest BCUT2D eigenvalue weighted by molar-refractivity contribution is 0.174. The first-order valence-electron chi connectivity index (χ1n) is 8.76. The van der Waals surface area contributed by atoms with Crippen molar-refractivity contribution in [1.82, 2.24) is 8.87 Å². The van der Waals surface area contributed by atoms with Crippen LogP contribution in [0.1, 0.15) is 17.3 Å². The topological polar surface area (TPSA) is 60.8 Å². The first kappa shape index (κ1) is 16.4. The van der Waals surface area contributed by atoms with Crippen molar-refractivity contribution in [2.24, 2.45) is 0 Å². The molecule has 27 heavy (non-hydrogen) atoms. The zero-order chi connectivity index (χ0) is 18.4. The molecule has 1 atom stereocenters. The van der Waals surface area contributed by atoms with E-state index in [0.29, 0.717) is 24.6 Å². The fourth-order valence-corrected chi connectivity index (χ4v) is 5.36. The molecule has 3 heterocycles. The van der Waals surface area contributed by atoms with Crippen molar-refractivity contribution >= 4 is 10.0 Å². The van der Waals surface area contributed by atoms with Crippen LogP contribution in [0.25, 0.3) is 0 Å². The van der Waals surface area contributed by atoms with E-state index in [-0.39, 0.29) is 17.7 Å². The van der Waals surface area contributed by atoms with Gasteiger partial charge >= 0.3 is 0 Å². The van der Waals surface area contributed by atoms with E-state index in [1.54, 1.807) is 22.5 Å². The van der Waals surface area contributed by atoms with Crippen LogP contribution in [0.4, 0.5) is 0 Å². The number of benzene rings is 2.